The van der Waals surface area contributed by atoms with E-state index in [9.17, 15) is 42.5 Å². The molecule has 0 aliphatic carbocycles. The van der Waals surface area contributed by atoms with Gasteiger partial charge in [-0.15, -0.1) is 0 Å². The Morgan fingerprint density at radius 2 is 1.70 bits per heavy atom. The summed E-state index contributed by atoms with van der Waals surface area (Å²) < 4.78 is 54.5. The Hall–Kier alpha value is -5.44. The van der Waals surface area contributed by atoms with E-state index >= 15 is 0 Å². The van der Waals surface area contributed by atoms with Crippen LogP contribution < -0.4 is 19.7 Å². The number of nitrogens with one attached hydrogen (secondary N) is 1. The SMILES string of the molecule is COC(=O)c1ccc(N2C(=O)NC(=O)/C(=C\c3cc(Cl)c(Oc4ccc(C(F)(F)F)cc4[N+](=O)[O-])c(OC)c3)C2=O)cc1. The minimum absolute atomic E-state index is 0.0334. The largest absolute Gasteiger partial charge is 0.493 e. The third kappa shape index (κ3) is 6.25. The lowest BCUT2D eigenvalue weighted by Crippen LogP contribution is -2.54. The summed E-state index contributed by atoms with van der Waals surface area (Å²) in [4.78, 5) is 61.0. The van der Waals surface area contributed by atoms with Crippen LogP contribution in [-0.2, 0) is 20.5 Å². The second-order valence-corrected chi connectivity index (χ2v) is 8.98. The number of hydrogen-bond acceptors (Lipinski definition) is 9. The molecule has 4 amide bonds. The fourth-order valence-corrected chi connectivity index (χ4v) is 4.14. The predicted molar refractivity (Wildman–Crippen MR) is 143 cm³/mol. The molecule has 1 fully saturated rings. The van der Waals surface area contributed by atoms with E-state index in [0.717, 1.165) is 12.1 Å². The second kappa shape index (κ2) is 11.8. The number of methoxy groups -OCH3 is 2. The summed E-state index contributed by atoms with van der Waals surface area (Å²) >= 11 is 6.32. The second-order valence-electron chi connectivity index (χ2n) is 8.57. The topological polar surface area (TPSA) is 154 Å². The number of rotatable bonds is 7. The summed E-state index contributed by atoms with van der Waals surface area (Å²) in [6.07, 6.45) is -3.76. The normalized spacial score (nSPS) is 14.4. The van der Waals surface area contributed by atoms with Crippen LogP contribution in [0.3, 0.4) is 0 Å². The first-order valence-corrected chi connectivity index (χ1v) is 12.1. The predicted octanol–water partition coefficient (Wildman–Crippen LogP) is 5.52. The molecule has 0 atom stereocenters. The van der Waals surface area contributed by atoms with E-state index in [4.69, 9.17) is 21.1 Å². The van der Waals surface area contributed by atoms with E-state index in [1.54, 1.807) is 0 Å². The smallest absolute Gasteiger partial charge is 0.416 e. The lowest BCUT2D eigenvalue weighted by atomic mass is 10.1. The summed E-state index contributed by atoms with van der Waals surface area (Å²) in [6.45, 7) is 0. The Bertz CT molecular complexity index is 1710. The van der Waals surface area contributed by atoms with Gasteiger partial charge >= 0.3 is 23.9 Å². The molecule has 0 radical (unpaired) electrons. The van der Waals surface area contributed by atoms with E-state index in [-0.39, 0.29) is 33.3 Å². The van der Waals surface area contributed by atoms with Gasteiger partial charge in [0.15, 0.2) is 11.5 Å². The molecule has 43 heavy (non-hydrogen) atoms. The molecule has 3 aromatic carbocycles. The monoisotopic (exact) mass is 619 g/mol. The maximum absolute atomic E-state index is 13.2. The van der Waals surface area contributed by atoms with Gasteiger partial charge in [-0.1, -0.05) is 11.6 Å². The number of anilines is 1. The molecular weight excluding hydrogens is 603 g/mol. The minimum Gasteiger partial charge on any atom is -0.493 e. The maximum Gasteiger partial charge on any atom is 0.416 e. The highest BCUT2D eigenvalue weighted by atomic mass is 35.5. The Kier molecular flexibility index (Phi) is 8.38. The molecule has 12 nitrogen and oxygen atoms in total. The van der Waals surface area contributed by atoms with Crippen LogP contribution >= 0.6 is 11.6 Å². The van der Waals surface area contributed by atoms with Gasteiger partial charge in [-0.25, -0.2) is 14.5 Å². The Morgan fingerprint density at radius 1 is 1.02 bits per heavy atom. The lowest BCUT2D eigenvalue weighted by molar-refractivity contribution is -0.385. The molecule has 0 saturated carbocycles. The molecule has 0 spiro atoms. The number of nitro benzene ring substituents is 1. The van der Waals surface area contributed by atoms with Crippen molar-refractivity contribution in [3.05, 3.63) is 92.0 Å². The number of carbonyl (C=O) groups excluding carboxylic acids is 4. The molecule has 3 aromatic rings. The molecule has 0 unspecified atom stereocenters. The van der Waals surface area contributed by atoms with Crippen molar-refractivity contribution >= 4 is 52.9 Å². The Labute approximate surface area is 244 Å². The summed E-state index contributed by atoms with van der Waals surface area (Å²) in [5.74, 6) is -3.75. The standard InChI is InChI=1S/C27H17ClF3N3O9/c1-41-21-11-13(10-18(28)22(21)43-20-8-5-15(27(29,30)31)12-19(20)34(39)40)9-17-23(35)32-26(38)33(24(17)36)16-6-3-14(4-7-16)25(37)42-2/h3-12H,1-2H3,(H,32,35,38)/b17-9+. The van der Waals surface area contributed by atoms with Gasteiger partial charge in [0.05, 0.1) is 41.0 Å². The third-order valence-electron chi connectivity index (χ3n) is 5.91. The number of imide groups is 2. The quantitative estimate of drug-likeness (QED) is 0.118. The number of barbiturate groups is 1. The van der Waals surface area contributed by atoms with Gasteiger partial charge in [-0.2, -0.15) is 13.2 Å². The van der Waals surface area contributed by atoms with Gasteiger partial charge < -0.3 is 14.2 Å². The first kappa shape index (κ1) is 30.5. The van der Waals surface area contributed by atoms with Crippen LogP contribution in [0.15, 0.2) is 60.2 Å². The van der Waals surface area contributed by atoms with Crippen LogP contribution in [0.25, 0.3) is 6.08 Å². The number of halogens is 4. The van der Waals surface area contributed by atoms with Gasteiger partial charge in [-0.3, -0.25) is 25.0 Å². The number of carbonyl (C=O) groups is 4. The van der Waals surface area contributed by atoms with Crippen molar-refractivity contribution in [1.29, 1.82) is 0 Å². The number of esters is 1. The van der Waals surface area contributed by atoms with Crippen LogP contribution in [0, 0.1) is 10.1 Å². The summed E-state index contributed by atoms with van der Waals surface area (Å²) in [5.41, 5.74) is -2.49. The molecule has 1 aliphatic heterocycles. The van der Waals surface area contributed by atoms with Crippen LogP contribution in [-0.4, -0.2) is 43.0 Å². The number of benzene rings is 3. The fraction of sp³-hybridized carbons (Fsp3) is 0.111. The van der Waals surface area contributed by atoms with Crippen LogP contribution in [0.2, 0.25) is 5.02 Å². The zero-order chi connectivity index (χ0) is 31.6. The van der Waals surface area contributed by atoms with Crippen molar-refractivity contribution in [3.8, 4) is 17.2 Å². The zero-order valence-electron chi connectivity index (χ0n) is 21.9. The van der Waals surface area contributed by atoms with E-state index in [1.807, 2.05) is 5.32 Å². The summed E-state index contributed by atoms with van der Waals surface area (Å²) in [7, 11) is 2.35. The molecule has 16 heteroatoms. The summed E-state index contributed by atoms with van der Waals surface area (Å²) in [5, 5.41) is 13.2. The summed E-state index contributed by atoms with van der Waals surface area (Å²) in [6, 6.07) is 8.23. The Balaban J connectivity index is 1.69. The Morgan fingerprint density at radius 3 is 2.28 bits per heavy atom. The van der Waals surface area contributed by atoms with Gasteiger partial charge in [0.1, 0.15) is 5.57 Å². The van der Waals surface area contributed by atoms with Crippen molar-refractivity contribution in [3.63, 3.8) is 0 Å². The zero-order valence-corrected chi connectivity index (χ0v) is 22.6. The average Bonchev–Trinajstić information content (AvgIpc) is 2.95. The number of alkyl halides is 3. The minimum atomic E-state index is -4.84. The van der Waals surface area contributed by atoms with Crippen molar-refractivity contribution in [2.45, 2.75) is 6.18 Å². The highest BCUT2D eigenvalue weighted by Gasteiger charge is 2.37. The molecule has 1 aliphatic rings. The van der Waals surface area contributed by atoms with Crippen molar-refractivity contribution in [1.82, 2.24) is 5.32 Å². The third-order valence-corrected chi connectivity index (χ3v) is 6.19. The number of amides is 4. The molecule has 4 rings (SSSR count). The lowest BCUT2D eigenvalue weighted by Gasteiger charge is -2.26. The average molecular weight is 620 g/mol. The number of urea groups is 1. The van der Waals surface area contributed by atoms with Gasteiger partial charge in [0.25, 0.3) is 11.8 Å². The van der Waals surface area contributed by atoms with Gasteiger partial charge in [0.2, 0.25) is 5.75 Å². The number of nitro groups is 1. The molecule has 1 N–H and O–H groups in total. The highest BCUT2D eigenvalue weighted by molar-refractivity contribution is 6.39. The van der Waals surface area contributed by atoms with Crippen molar-refractivity contribution in [2.75, 3.05) is 19.1 Å². The first-order valence-electron chi connectivity index (χ1n) is 11.8. The molecular formula is C27H17ClF3N3O9. The maximum atomic E-state index is 13.2. The number of hydrogen-bond donors (Lipinski definition) is 1. The number of ether oxygens (including phenoxy) is 3. The molecule has 222 valence electrons. The van der Waals surface area contributed by atoms with E-state index in [0.29, 0.717) is 17.0 Å². The first-order chi connectivity index (χ1) is 20.2. The van der Waals surface area contributed by atoms with E-state index in [2.05, 4.69) is 4.74 Å². The van der Waals surface area contributed by atoms with Crippen LogP contribution in [0.4, 0.5) is 29.3 Å². The van der Waals surface area contributed by atoms with Gasteiger partial charge in [-0.05, 0) is 60.2 Å². The molecule has 1 saturated heterocycles. The van der Waals surface area contributed by atoms with Crippen LogP contribution in [0.5, 0.6) is 17.2 Å². The molecule has 0 aromatic heterocycles. The number of nitrogens with zero attached hydrogens (tertiary/aromatic N) is 2. The van der Waals surface area contributed by atoms with Crippen molar-refractivity contribution < 1.29 is 51.5 Å². The van der Waals surface area contributed by atoms with Crippen LogP contribution in [0.1, 0.15) is 21.5 Å². The van der Waals surface area contributed by atoms with Crippen molar-refractivity contribution in [2.24, 2.45) is 0 Å². The molecule has 1 heterocycles. The van der Waals surface area contributed by atoms with E-state index in [1.165, 1.54) is 50.6 Å². The van der Waals surface area contributed by atoms with E-state index < -0.39 is 57.5 Å². The molecule has 0 bridgehead atoms. The van der Waals surface area contributed by atoms with Gasteiger partial charge in [0, 0.05) is 6.07 Å². The highest BCUT2D eigenvalue weighted by Crippen LogP contribution is 2.44. The fourth-order valence-electron chi connectivity index (χ4n) is 3.88.